The van der Waals surface area contributed by atoms with Crippen LogP contribution in [0.25, 0.3) is 0 Å². The first-order chi connectivity index (χ1) is 9.81. The largest absolute Gasteiger partial charge is 0.476 e. The molecule has 114 valence electrons. The van der Waals surface area contributed by atoms with Crippen LogP contribution in [0.1, 0.15) is 26.3 Å². The lowest BCUT2D eigenvalue weighted by atomic mass is 10.0. The molecule has 1 amide bonds. The number of benzene rings is 1. The highest BCUT2D eigenvalue weighted by atomic mass is 16.5. The second-order valence-electron chi connectivity index (χ2n) is 5.49. The first-order valence-electron chi connectivity index (χ1n) is 6.75. The molecule has 1 aromatic carbocycles. The third-order valence-corrected chi connectivity index (χ3v) is 3.55. The van der Waals surface area contributed by atoms with Crippen molar-refractivity contribution in [2.24, 2.45) is 5.73 Å². The number of esters is 1. The summed E-state index contributed by atoms with van der Waals surface area (Å²) in [6, 6.07) is 4.63. The smallest absolute Gasteiger partial charge is 0.328 e. The molecule has 0 radical (unpaired) electrons. The Morgan fingerprint density at radius 1 is 1.48 bits per heavy atom. The number of carbonyl (C=O) groups is 2. The van der Waals surface area contributed by atoms with Crippen LogP contribution < -0.4 is 15.4 Å². The molecule has 0 aliphatic carbocycles. The van der Waals surface area contributed by atoms with E-state index in [-0.39, 0.29) is 5.91 Å². The zero-order valence-corrected chi connectivity index (χ0v) is 12.7. The average Bonchev–Trinajstić information content (AvgIpc) is 2.46. The summed E-state index contributed by atoms with van der Waals surface area (Å²) in [4.78, 5) is 25.9. The molecule has 1 aliphatic heterocycles. The molecule has 0 aromatic heterocycles. The summed E-state index contributed by atoms with van der Waals surface area (Å²) in [5.74, 6) is -0.222. The normalized spacial score (nSPS) is 17.8. The molecular formula is C15H20N2O4. The number of rotatable bonds is 3. The number of hydrogen-bond donors (Lipinski definition) is 1. The number of fused-ring (bicyclic) bond motifs is 1. The van der Waals surface area contributed by atoms with Crippen molar-refractivity contribution >= 4 is 17.6 Å². The molecule has 0 bridgehead atoms. The number of ether oxygens (including phenoxy) is 2. The minimum absolute atomic E-state index is 0.290. The summed E-state index contributed by atoms with van der Waals surface area (Å²) >= 11 is 0. The Bertz CT molecular complexity index is 583. The van der Waals surface area contributed by atoms with Gasteiger partial charge in [0.1, 0.15) is 11.8 Å². The summed E-state index contributed by atoms with van der Waals surface area (Å²) < 4.78 is 10.5. The van der Waals surface area contributed by atoms with Gasteiger partial charge in [-0.15, -0.1) is 0 Å². The van der Waals surface area contributed by atoms with Crippen LogP contribution in [0.3, 0.4) is 0 Å². The van der Waals surface area contributed by atoms with E-state index in [4.69, 9.17) is 15.2 Å². The summed E-state index contributed by atoms with van der Waals surface area (Å²) in [6.07, 6.45) is 0. The van der Waals surface area contributed by atoms with E-state index in [9.17, 15) is 9.59 Å². The van der Waals surface area contributed by atoms with E-state index >= 15 is 0 Å². The minimum atomic E-state index is -1.04. The van der Waals surface area contributed by atoms with Crippen molar-refractivity contribution in [2.75, 3.05) is 12.0 Å². The molecule has 0 saturated carbocycles. The summed E-state index contributed by atoms with van der Waals surface area (Å²) in [6.45, 7) is 5.31. The van der Waals surface area contributed by atoms with Crippen LogP contribution in [0.4, 0.5) is 5.69 Å². The maximum atomic E-state index is 12.6. The number of amides is 1. The highest BCUT2D eigenvalue weighted by molar-refractivity contribution is 6.06. The Labute approximate surface area is 123 Å². The second-order valence-corrected chi connectivity index (χ2v) is 5.49. The molecule has 0 saturated heterocycles. The fourth-order valence-corrected chi connectivity index (χ4v) is 2.34. The lowest BCUT2D eigenvalue weighted by molar-refractivity contribution is -0.145. The van der Waals surface area contributed by atoms with E-state index in [0.29, 0.717) is 18.0 Å². The van der Waals surface area contributed by atoms with E-state index < -0.39 is 17.6 Å². The van der Waals surface area contributed by atoms with Gasteiger partial charge in [-0.3, -0.25) is 9.69 Å². The molecule has 0 spiro atoms. The standard InChI is InChI=1S/C15H20N2O4/c1-9(13(18)20-4)17-11-7-10(8-16)5-6-12(11)21-15(2,3)14(17)19/h5-7,9H,8,16H2,1-4H3. The lowest BCUT2D eigenvalue weighted by Crippen LogP contribution is -2.57. The van der Waals surface area contributed by atoms with Crippen LogP contribution >= 0.6 is 0 Å². The van der Waals surface area contributed by atoms with Crippen LogP contribution in [0.15, 0.2) is 18.2 Å². The number of hydrogen-bond acceptors (Lipinski definition) is 5. The molecule has 0 fully saturated rings. The third kappa shape index (κ3) is 2.58. The van der Waals surface area contributed by atoms with Gasteiger partial charge < -0.3 is 15.2 Å². The van der Waals surface area contributed by atoms with Crippen molar-refractivity contribution < 1.29 is 19.1 Å². The molecule has 1 atom stereocenters. The average molecular weight is 292 g/mol. The number of nitrogens with two attached hydrogens (primary N) is 1. The predicted octanol–water partition coefficient (Wildman–Crippen LogP) is 1.21. The molecule has 6 heteroatoms. The van der Waals surface area contributed by atoms with Gasteiger partial charge in [-0.1, -0.05) is 6.07 Å². The van der Waals surface area contributed by atoms with Crippen molar-refractivity contribution in [3.63, 3.8) is 0 Å². The van der Waals surface area contributed by atoms with Crippen LogP contribution in [0.2, 0.25) is 0 Å². The zero-order chi connectivity index (χ0) is 15.8. The van der Waals surface area contributed by atoms with Gasteiger partial charge in [0, 0.05) is 6.54 Å². The van der Waals surface area contributed by atoms with Crippen LogP contribution in [0, 0.1) is 0 Å². The molecule has 1 aliphatic rings. The van der Waals surface area contributed by atoms with Gasteiger partial charge in [0.15, 0.2) is 5.60 Å². The highest BCUT2D eigenvalue weighted by Gasteiger charge is 2.44. The number of methoxy groups -OCH3 is 1. The summed E-state index contributed by atoms with van der Waals surface area (Å²) in [5.41, 5.74) is 6.00. The summed E-state index contributed by atoms with van der Waals surface area (Å²) in [7, 11) is 1.30. The SMILES string of the molecule is COC(=O)C(C)N1C(=O)C(C)(C)Oc2ccc(CN)cc21. The van der Waals surface area contributed by atoms with Gasteiger partial charge in [0.05, 0.1) is 12.8 Å². The van der Waals surface area contributed by atoms with E-state index in [1.54, 1.807) is 32.9 Å². The number of nitrogens with zero attached hydrogens (tertiary/aromatic N) is 1. The molecule has 6 nitrogen and oxygen atoms in total. The molecule has 1 heterocycles. The molecule has 1 unspecified atom stereocenters. The first kappa shape index (κ1) is 15.3. The van der Waals surface area contributed by atoms with E-state index in [1.807, 2.05) is 6.07 Å². The van der Waals surface area contributed by atoms with Crippen LogP contribution in [0.5, 0.6) is 5.75 Å². The van der Waals surface area contributed by atoms with Crippen LogP contribution in [-0.4, -0.2) is 30.6 Å². The van der Waals surface area contributed by atoms with Gasteiger partial charge in [-0.05, 0) is 38.5 Å². The molecule has 21 heavy (non-hydrogen) atoms. The van der Waals surface area contributed by atoms with Crippen molar-refractivity contribution in [1.82, 2.24) is 0 Å². The zero-order valence-electron chi connectivity index (χ0n) is 12.7. The van der Waals surface area contributed by atoms with Crippen molar-refractivity contribution in [2.45, 2.75) is 39.0 Å². The first-order valence-corrected chi connectivity index (χ1v) is 6.75. The Kier molecular flexibility index (Phi) is 3.91. The molecule has 1 aromatic rings. The molecule has 2 N–H and O–H groups in total. The van der Waals surface area contributed by atoms with Crippen LogP contribution in [-0.2, 0) is 20.9 Å². The third-order valence-electron chi connectivity index (χ3n) is 3.55. The number of anilines is 1. The maximum absolute atomic E-state index is 12.6. The van der Waals surface area contributed by atoms with Gasteiger partial charge >= 0.3 is 5.97 Å². The van der Waals surface area contributed by atoms with Crippen molar-refractivity contribution in [3.8, 4) is 5.75 Å². The number of carbonyl (C=O) groups excluding carboxylic acids is 2. The van der Waals surface area contributed by atoms with Gasteiger partial charge in [0.25, 0.3) is 5.91 Å². The predicted molar refractivity (Wildman–Crippen MR) is 78.0 cm³/mol. The Morgan fingerprint density at radius 2 is 2.14 bits per heavy atom. The van der Waals surface area contributed by atoms with E-state index in [0.717, 1.165) is 5.56 Å². The maximum Gasteiger partial charge on any atom is 0.328 e. The molecule has 2 rings (SSSR count). The minimum Gasteiger partial charge on any atom is -0.476 e. The van der Waals surface area contributed by atoms with Crippen molar-refractivity contribution in [1.29, 1.82) is 0 Å². The Hall–Kier alpha value is -2.08. The monoisotopic (exact) mass is 292 g/mol. The fraction of sp³-hybridized carbons (Fsp3) is 0.467. The van der Waals surface area contributed by atoms with Gasteiger partial charge in [-0.2, -0.15) is 0 Å². The Morgan fingerprint density at radius 3 is 2.71 bits per heavy atom. The van der Waals surface area contributed by atoms with E-state index in [2.05, 4.69) is 0 Å². The Balaban J connectivity index is 2.56. The van der Waals surface area contributed by atoms with Gasteiger partial charge in [-0.25, -0.2) is 4.79 Å². The van der Waals surface area contributed by atoms with E-state index in [1.165, 1.54) is 12.0 Å². The topological polar surface area (TPSA) is 81.9 Å². The van der Waals surface area contributed by atoms with Crippen molar-refractivity contribution in [3.05, 3.63) is 23.8 Å². The van der Waals surface area contributed by atoms with Gasteiger partial charge in [0.2, 0.25) is 0 Å². The molecular weight excluding hydrogens is 272 g/mol. The lowest BCUT2D eigenvalue weighted by Gasteiger charge is -2.40. The second kappa shape index (κ2) is 5.37. The fourth-order valence-electron chi connectivity index (χ4n) is 2.34. The summed E-state index contributed by atoms with van der Waals surface area (Å²) in [5, 5.41) is 0. The quantitative estimate of drug-likeness (QED) is 0.847. The highest BCUT2D eigenvalue weighted by Crippen LogP contribution is 2.39.